The molecule has 0 aromatic heterocycles. The van der Waals surface area contributed by atoms with Gasteiger partial charge in [0.15, 0.2) is 0 Å². The predicted octanol–water partition coefficient (Wildman–Crippen LogP) is 2.51. The van der Waals surface area contributed by atoms with E-state index < -0.39 is 11.5 Å². The Bertz CT molecular complexity index is 539. The van der Waals surface area contributed by atoms with Crippen molar-refractivity contribution in [2.75, 3.05) is 11.9 Å². The molecule has 1 aromatic carbocycles. The second-order valence-corrected chi connectivity index (χ2v) is 5.33. The number of aromatic carboxylic acids is 1. The highest BCUT2D eigenvalue weighted by Crippen LogP contribution is 2.26. The number of hydrogen-bond acceptors (Lipinski definition) is 3. The van der Waals surface area contributed by atoms with E-state index in [1.807, 2.05) is 6.92 Å². The number of carboxylic acid groups (broad SMARTS) is 1. The van der Waals surface area contributed by atoms with Crippen molar-refractivity contribution in [2.24, 2.45) is 0 Å². The average Bonchev–Trinajstić information content (AvgIpc) is 2.90. The van der Waals surface area contributed by atoms with Crippen LogP contribution in [0.15, 0.2) is 18.2 Å². The monoisotopic (exact) mass is 296 g/mol. The first-order valence-corrected chi connectivity index (χ1v) is 6.95. The third-order valence-electron chi connectivity index (χ3n) is 3.74. The van der Waals surface area contributed by atoms with Crippen LogP contribution in [0.4, 0.5) is 5.69 Å². The van der Waals surface area contributed by atoms with Crippen molar-refractivity contribution in [3.63, 3.8) is 0 Å². The third kappa shape index (κ3) is 2.78. The summed E-state index contributed by atoms with van der Waals surface area (Å²) < 4.78 is 0. The molecule has 1 atom stereocenters. The van der Waals surface area contributed by atoms with Gasteiger partial charge < -0.3 is 15.7 Å². The maximum Gasteiger partial charge on any atom is 0.337 e. The number of amides is 1. The lowest BCUT2D eigenvalue weighted by Crippen LogP contribution is -2.50. The van der Waals surface area contributed by atoms with E-state index in [0.29, 0.717) is 12.1 Å². The first-order chi connectivity index (χ1) is 9.48. The highest BCUT2D eigenvalue weighted by Gasteiger charge is 2.39. The van der Waals surface area contributed by atoms with Crippen molar-refractivity contribution >= 4 is 29.2 Å². The zero-order valence-corrected chi connectivity index (χ0v) is 12.0. The Morgan fingerprint density at radius 3 is 2.80 bits per heavy atom. The lowest BCUT2D eigenvalue weighted by Gasteiger charge is -2.26. The van der Waals surface area contributed by atoms with E-state index in [1.165, 1.54) is 12.1 Å². The first-order valence-electron chi connectivity index (χ1n) is 6.58. The molecule has 1 aliphatic rings. The van der Waals surface area contributed by atoms with Gasteiger partial charge in [0.2, 0.25) is 5.91 Å². The summed E-state index contributed by atoms with van der Waals surface area (Å²) in [6.07, 6.45) is 2.44. The summed E-state index contributed by atoms with van der Waals surface area (Å²) >= 11 is 5.80. The van der Waals surface area contributed by atoms with E-state index in [9.17, 15) is 9.59 Å². The summed E-state index contributed by atoms with van der Waals surface area (Å²) in [6.45, 7) is 2.78. The standard InChI is InChI=1S/C14H17ClN2O3/c1-2-14(6-3-7-16-14)13(20)17-9-4-5-11(15)10(8-9)12(18)19/h4-5,8,16H,2-3,6-7H2,1H3,(H,17,20)(H,18,19). The Balaban J connectivity index is 2.19. The van der Waals surface area contributed by atoms with Gasteiger partial charge >= 0.3 is 5.97 Å². The molecule has 1 unspecified atom stereocenters. The normalized spacial score (nSPS) is 21.7. The van der Waals surface area contributed by atoms with Crippen LogP contribution < -0.4 is 10.6 Å². The maximum absolute atomic E-state index is 12.4. The van der Waals surface area contributed by atoms with Crippen molar-refractivity contribution < 1.29 is 14.7 Å². The van der Waals surface area contributed by atoms with Crippen LogP contribution in [0.2, 0.25) is 5.02 Å². The summed E-state index contributed by atoms with van der Waals surface area (Å²) in [5, 5.41) is 15.2. The molecule has 0 bridgehead atoms. The fraction of sp³-hybridized carbons (Fsp3) is 0.429. The molecular formula is C14H17ClN2O3. The number of benzene rings is 1. The molecule has 1 aromatic rings. The number of anilines is 1. The Labute approximate surface area is 122 Å². The molecule has 3 N–H and O–H groups in total. The van der Waals surface area contributed by atoms with Gasteiger partial charge in [-0.05, 0) is 44.0 Å². The lowest BCUT2D eigenvalue weighted by atomic mass is 9.93. The molecule has 0 saturated carbocycles. The molecule has 1 heterocycles. The van der Waals surface area contributed by atoms with E-state index >= 15 is 0 Å². The lowest BCUT2D eigenvalue weighted by molar-refractivity contribution is -0.122. The van der Waals surface area contributed by atoms with Crippen LogP contribution >= 0.6 is 11.6 Å². The molecule has 1 saturated heterocycles. The van der Waals surface area contributed by atoms with Crippen molar-refractivity contribution in [2.45, 2.75) is 31.7 Å². The van der Waals surface area contributed by atoms with Gasteiger partial charge in [-0.25, -0.2) is 4.79 Å². The summed E-state index contributed by atoms with van der Waals surface area (Å²) in [6, 6.07) is 4.45. The first kappa shape index (κ1) is 14.8. The second-order valence-electron chi connectivity index (χ2n) is 4.92. The maximum atomic E-state index is 12.4. The molecule has 1 aliphatic heterocycles. The Morgan fingerprint density at radius 2 is 2.25 bits per heavy atom. The molecule has 0 spiro atoms. The number of nitrogens with one attached hydrogen (secondary N) is 2. The number of hydrogen-bond donors (Lipinski definition) is 3. The average molecular weight is 297 g/mol. The summed E-state index contributed by atoms with van der Waals surface area (Å²) in [5.41, 5.74) is -0.129. The minimum absolute atomic E-state index is 0.0191. The number of carboxylic acids is 1. The second kappa shape index (κ2) is 5.81. The minimum atomic E-state index is -1.12. The summed E-state index contributed by atoms with van der Waals surface area (Å²) in [4.78, 5) is 23.4. The molecule has 1 amide bonds. The third-order valence-corrected chi connectivity index (χ3v) is 4.07. The molecule has 1 fully saturated rings. The number of rotatable bonds is 4. The van der Waals surface area contributed by atoms with Crippen LogP contribution in [0, 0.1) is 0 Å². The van der Waals surface area contributed by atoms with E-state index in [0.717, 1.165) is 19.4 Å². The molecule has 6 heteroatoms. The highest BCUT2D eigenvalue weighted by molar-refractivity contribution is 6.33. The molecule has 20 heavy (non-hydrogen) atoms. The molecular weight excluding hydrogens is 280 g/mol. The number of carbonyl (C=O) groups is 2. The van der Waals surface area contributed by atoms with E-state index in [1.54, 1.807) is 6.07 Å². The fourth-order valence-electron chi connectivity index (χ4n) is 2.48. The van der Waals surface area contributed by atoms with Gasteiger partial charge in [0, 0.05) is 5.69 Å². The highest BCUT2D eigenvalue weighted by atomic mass is 35.5. The predicted molar refractivity (Wildman–Crippen MR) is 77.3 cm³/mol. The van der Waals surface area contributed by atoms with Crippen molar-refractivity contribution in [3.05, 3.63) is 28.8 Å². The van der Waals surface area contributed by atoms with Crippen LogP contribution in [0.25, 0.3) is 0 Å². The smallest absolute Gasteiger partial charge is 0.337 e. The molecule has 108 valence electrons. The van der Waals surface area contributed by atoms with E-state index in [4.69, 9.17) is 16.7 Å². The number of carbonyl (C=O) groups excluding carboxylic acids is 1. The minimum Gasteiger partial charge on any atom is -0.478 e. The van der Waals surface area contributed by atoms with Gasteiger partial charge in [0.1, 0.15) is 0 Å². The molecule has 5 nitrogen and oxygen atoms in total. The van der Waals surface area contributed by atoms with Crippen molar-refractivity contribution in [3.8, 4) is 0 Å². The Kier molecular flexibility index (Phi) is 4.30. The van der Waals surface area contributed by atoms with Crippen LogP contribution in [0.5, 0.6) is 0 Å². The fourth-order valence-corrected chi connectivity index (χ4v) is 2.68. The van der Waals surface area contributed by atoms with Gasteiger partial charge in [0.25, 0.3) is 0 Å². The Hall–Kier alpha value is -1.59. The van der Waals surface area contributed by atoms with E-state index in [2.05, 4.69) is 10.6 Å². The topological polar surface area (TPSA) is 78.4 Å². The van der Waals surface area contributed by atoms with Gasteiger partial charge in [-0.2, -0.15) is 0 Å². The van der Waals surface area contributed by atoms with Gasteiger partial charge in [-0.3, -0.25) is 4.79 Å². The van der Waals surface area contributed by atoms with Crippen LogP contribution in [-0.2, 0) is 4.79 Å². The van der Waals surface area contributed by atoms with Crippen molar-refractivity contribution in [1.82, 2.24) is 5.32 Å². The zero-order chi connectivity index (χ0) is 14.8. The SMILES string of the molecule is CCC1(C(=O)Nc2ccc(Cl)c(C(=O)O)c2)CCCN1. The van der Waals surface area contributed by atoms with Gasteiger partial charge in [-0.15, -0.1) is 0 Å². The summed E-state index contributed by atoms with van der Waals surface area (Å²) in [5.74, 6) is -1.24. The van der Waals surface area contributed by atoms with Gasteiger partial charge in [0.05, 0.1) is 16.1 Å². The summed E-state index contributed by atoms with van der Waals surface area (Å²) in [7, 11) is 0. The molecule has 0 radical (unpaired) electrons. The van der Waals surface area contributed by atoms with Crippen LogP contribution in [-0.4, -0.2) is 29.1 Å². The molecule has 0 aliphatic carbocycles. The van der Waals surface area contributed by atoms with E-state index in [-0.39, 0.29) is 16.5 Å². The van der Waals surface area contributed by atoms with Gasteiger partial charge in [-0.1, -0.05) is 18.5 Å². The zero-order valence-electron chi connectivity index (χ0n) is 11.2. The van der Waals surface area contributed by atoms with Crippen LogP contribution in [0.3, 0.4) is 0 Å². The molecule has 2 rings (SSSR count). The number of halogens is 1. The largest absolute Gasteiger partial charge is 0.478 e. The van der Waals surface area contributed by atoms with Crippen LogP contribution in [0.1, 0.15) is 36.5 Å². The quantitative estimate of drug-likeness (QED) is 0.798. The Morgan fingerprint density at radius 1 is 1.50 bits per heavy atom. The van der Waals surface area contributed by atoms with Crippen molar-refractivity contribution in [1.29, 1.82) is 0 Å².